The number of carbonyl (C=O) groups is 1. The minimum absolute atomic E-state index is 0.0962. The fourth-order valence-corrected chi connectivity index (χ4v) is 4.81. The Morgan fingerprint density at radius 2 is 1.86 bits per heavy atom. The maximum atomic E-state index is 13.3. The van der Waals surface area contributed by atoms with E-state index in [1.165, 1.54) is 12.1 Å². The van der Waals surface area contributed by atoms with Crippen LogP contribution in [0.15, 0.2) is 48.5 Å². The molecular weight excluding hydrogens is 459 g/mol. The van der Waals surface area contributed by atoms with Gasteiger partial charge < -0.3 is 19.7 Å². The highest BCUT2D eigenvalue weighted by Crippen LogP contribution is 2.37. The second kappa shape index (κ2) is 11.5. The van der Waals surface area contributed by atoms with Crippen molar-refractivity contribution in [1.82, 2.24) is 0 Å². The van der Waals surface area contributed by atoms with E-state index in [-0.39, 0.29) is 11.6 Å². The van der Waals surface area contributed by atoms with Gasteiger partial charge in [-0.15, -0.1) is 0 Å². The van der Waals surface area contributed by atoms with Crippen molar-refractivity contribution >= 4 is 5.97 Å². The van der Waals surface area contributed by atoms with E-state index in [0.717, 1.165) is 65.7 Å². The van der Waals surface area contributed by atoms with Crippen molar-refractivity contribution in [2.45, 2.75) is 64.9 Å². The van der Waals surface area contributed by atoms with Crippen LogP contribution in [0.5, 0.6) is 17.2 Å². The molecule has 0 aromatic heterocycles. The van der Waals surface area contributed by atoms with Crippen molar-refractivity contribution in [3.63, 3.8) is 0 Å². The number of hydrogen-bond acceptors (Lipinski definition) is 4. The number of aliphatic carboxylic acids is 1. The number of aryl methyl sites for hydroxylation is 3. The van der Waals surface area contributed by atoms with Gasteiger partial charge in [0.2, 0.25) is 0 Å². The number of phenolic OH excluding ortho intramolecular Hbond substituents is 1. The molecule has 1 heterocycles. The zero-order valence-electron chi connectivity index (χ0n) is 20.9. The number of rotatable bonds is 10. The highest BCUT2D eigenvalue weighted by atomic mass is 19.1. The highest BCUT2D eigenvalue weighted by Gasteiger charge is 2.28. The van der Waals surface area contributed by atoms with Gasteiger partial charge in [0.25, 0.3) is 0 Å². The van der Waals surface area contributed by atoms with E-state index in [1.54, 1.807) is 18.2 Å². The zero-order valence-corrected chi connectivity index (χ0v) is 20.9. The number of carboxylic acids is 1. The molecule has 3 aromatic carbocycles. The first-order valence-electron chi connectivity index (χ1n) is 12.7. The van der Waals surface area contributed by atoms with Gasteiger partial charge in [-0.3, -0.25) is 0 Å². The van der Waals surface area contributed by atoms with Crippen LogP contribution in [0.4, 0.5) is 4.39 Å². The van der Waals surface area contributed by atoms with Gasteiger partial charge in [0, 0.05) is 11.6 Å². The molecular formula is C30H33FO5. The minimum atomic E-state index is -0.915. The van der Waals surface area contributed by atoms with Crippen LogP contribution in [0.3, 0.4) is 0 Å². The van der Waals surface area contributed by atoms with Crippen LogP contribution in [-0.4, -0.2) is 28.9 Å². The number of aromatic hydroxyl groups is 1. The third-order valence-electron chi connectivity index (χ3n) is 6.71. The Bertz CT molecular complexity index is 1220. The van der Waals surface area contributed by atoms with E-state index in [0.29, 0.717) is 30.8 Å². The SMILES string of the molecule is CCCc1c(CCCOc2cc(O)c(-c3ccc(F)cc3)cc2CC)ccc2c1OC(C(=O)O)CC2. The lowest BCUT2D eigenvalue weighted by Crippen LogP contribution is -2.31. The first kappa shape index (κ1) is 25.5. The van der Waals surface area contributed by atoms with E-state index >= 15 is 0 Å². The molecule has 0 amide bonds. The number of carboxylic acid groups (broad SMARTS) is 1. The van der Waals surface area contributed by atoms with Crippen LogP contribution in [0.2, 0.25) is 0 Å². The molecule has 0 saturated heterocycles. The Kier molecular flexibility index (Phi) is 8.14. The molecule has 3 aromatic rings. The average molecular weight is 493 g/mol. The third kappa shape index (κ3) is 5.64. The summed E-state index contributed by atoms with van der Waals surface area (Å²) in [4.78, 5) is 11.5. The Balaban J connectivity index is 1.45. The highest BCUT2D eigenvalue weighted by molar-refractivity contribution is 5.74. The molecule has 1 unspecified atom stereocenters. The largest absolute Gasteiger partial charge is 0.507 e. The van der Waals surface area contributed by atoms with Gasteiger partial charge in [-0.25, -0.2) is 9.18 Å². The Labute approximate surface area is 211 Å². The van der Waals surface area contributed by atoms with Crippen LogP contribution < -0.4 is 9.47 Å². The molecule has 1 atom stereocenters. The number of benzene rings is 3. The first-order valence-corrected chi connectivity index (χ1v) is 12.7. The smallest absolute Gasteiger partial charge is 0.344 e. The molecule has 0 radical (unpaired) electrons. The molecule has 36 heavy (non-hydrogen) atoms. The Morgan fingerprint density at radius 1 is 1.08 bits per heavy atom. The lowest BCUT2D eigenvalue weighted by molar-refractivity contribution is -0.145. The fraction of sp³-hybridized carbons (Fsp3) is 0.367. The van der Waals surface area contributed by atoms with E-state index in [4.69, 9.17) is 9.47 Å². The summed E-state index contributed by atoms with van der Waals surface area (Å²) in [6.07, 6.45) is 4.48. The molecule has 190 valence electrons. The Morgan fingerprint density at radius 3 is 2.56 bits per heavy atom. The predicted octanol–water partition coefficient (Wildman–Crippen LogP) is 6.50. The van der Waals surface area contributed by atoms with Crippen LogP contribution in [-0.2, 0) is 30.5 Å². The van der Waals surface area contributed by atoms with Crippen LogP contribution >= 0.6 is 0 Å². The molecule has 0 fully saturated rings. The minimum Gasteiger partial charge on any atom is -0.507 e. The van der Waals surface area contributed by atoms with Gasteiger partial charge in [-0.1, -0.05) is 44.5 Å². The lowest BCUT2D eigenvalue weighted by Gasteiger charge is -2.27. The normalized spacial score (nSPS) is 14.7. The lowest BCUT2D eigenvalue weighted by atomic mass is 9.91. The quantitative estimate of drug-likeness (QED) is 0.316. The summed E-state index contributed by atoms with van der Waals surface area (Å²) in [5.74, 6) is 0.264. The van der Waals surface area contributed by atoms with Crippen LogP contribution in [0.1, 0.15) is 55.4 Å². The van der Waals surface area contributed by atoms with E-state index in [1.807, 2.05) is 13.0 Å². The molecule has 1 aliphatic rings. The van der Waals surface area contributed by atoms with Crippen molar-refractivity contribution in [3.8, 4) is 28.4 Å². The van der Waals surface area contributed by atoms with Gasteiger partial charge in [-0.05, 0) is 84.5 Å². The van der Waals surface area contributed by atoms with Gasteiger partial charge in [0.1, 0.15) is 23.1 Å². The number of fused-ring (bicyclic) bond motifs is 1. The molecule has 2 N–H and O–H groups in total. The summed E-state index contributed by atoms with van der Waals surface area (Å²) in [5.41, 5.74) is 5.73. The number of ether oxygens (including phenoxy) is 2. The van der Waals surface area contributed by atoms with E-state index in [9.17, 15) is 19.4 Å². The molecule has 0 spiro atoms. The second-order valence-electron chi connectivity index (χ2n) is 9.21. The number of hydrogen-bond donors (Lipinski definition) is 2. The summed E-state index contributed by atoms with van der Waals surface area (Å²) < 4.78 is 25.3. The summed E-state index contributed by atoms with van der Waals surface area (Å²) in [6, 6.07) is 13.8. The molecule has 6 heteroatoms. The molecule has 0 aliphatic carbocycles. The summed E-state index contributed by atoms with van der Waals surface area (Å²) >= 11 is 0. The molecule has 1 aliphatic heterocycles. The topological polar surface area (TPSA) is 76.0 Å². The molecule has 0 bridgehead atoms. The standard InChI is InChI=1S/C30H33FO5/c1-3-6-24-20(8-9-22-12-15-27(30(33)34)36-29(22)24)7-5-16-35-28-18-26(32)25(17-19(28)4-2)21-10-13-23(31)14-11-21/h8-11,13-14,17-18,27,32H,3-7,12,15-16H2,1-2H3,(H,33,34). The van der Waals surface area contributed by atoms with Gasteiger partial charge in [0.05, 0.1) is 6.61 Å². The van der Waals surface area contributed by atoms with Crippen molar-refractivity contribution in [3.05, 3.63) is 76.6 Å². The monoisotopic (exact) mass is 492 g/mol. The van der Waals surface area contributed by atoms with Crippen LogP contribution in [0.25, 0.3) is 11.1 Å². The van der Waals surface area contributed by atoms with Gasteiger partial charge >= 0.3 is 5.97 Å². The summed E-state index contributed by atoms with van der Waals surface area (Å²) in [7, 11) is 0. The summed E-state index contributed by atoms with van der Waals surface area (Å²) in [5, 5.41) is 20.0. The maximum Gasteiger partial charge on any atom is 0.344 e. The second-order valence-corrected chi connectivity index (χ2v) is 9.21. The summed E-state index contributed by atoms with van der Waals surface area (Å²) in [6.45, 7) is 4.62. The average Bonchev–Trinajstić information content (AvgIpc) is 2.88. The molecule has 0 saturated carbocycles. The fourth-order valence-electron chi connectivity index (χ4n) is 4.81. The molecule has 4 rings (SSSR count). The first-order chi connectivity index (χ1) is 17.4. The van der Waals surface area contributed by atoms with E-state index < -0.39 is 12.1 Å². The van der Waals surface area contributed by atoms with E-state index in [2.05, 4.69) is 19.1 Å². The third-order valence-corrected chi connectivity index (χ3v) is 6.71. The van der Waals surface area contributed by atoms with Gasteiger partial charge in [0.15, 0.2) is 6.10 Å². The van der Waals surface area contributed by atoms with Crippen molar-refractivity contribution in [1.29, 1.82) is 0 Å². The number of halogens is 1. The Hall–Kier alpha value is -3.54. The predicted molar refractivity (Wildman–Crippen MR) is 138 cm³/mol. The van der Waals surface area contributed by atoms with Gasteiger partial charge in [-0.2, -0.15) is 0 Å². The van der Waals surface area contributed by atoms with Crippen LogP contribution in [0, 0.1) is 5.82 Å². The number of phenols is 1. The maximum absolute atomic E-state index is 13.3. The molecule has 5 nitrogen and oxygen atoms in total. The van der Waals surface area contributed by atoms with Crippen molar-refractivity contribution in [2.75, 3.05) is 6.61 Å². The zero-order chi connectivity index (χ0) is 25.7. The van der Waals surface area contributed by atoms with Crippen molar-refractivity contribution < 1.29 is 28.9 Å². The van der Waals surface area contributed by atoms with Crippen molar-refractivity contribution in [2.24, 2.45) is 0 Å².